The molecule has 0 saturated heterocycles. The molecule has 84 valence electrons. The lowest BCUT2D eigenvalue weighted by Gasteiger charge is -2.46. The van der Waals surface area contributed by atoms with Crippen LogP contribution < -0.4 is 0 Å². The summed E-state index contributed by atoms with van der Waals surface area (Å²) < 4.78 is 0. The molecule has 16 heavy (non-hydrogen) atoms. The van der Waals surface area contributed by atoms with E-state index < -0.39 is 23.7 Å². The van der Waals surface area contributed by atoms with E-state index in [0.717, 1.165) is 25.1 Å². The van der Waals surface area contributed by atoms with Crippen molar-refractivity contribution in [2.24, 2.45) is 35.5 Å². The molecule has 0 aromatic rings. The zero-order valence-corrected chi connectivity index (χ0v) is 8.56. The van der Waals surface area contributed by atoms with Crippen LogP contribution in [-0.2, 0) is 19.2 Å². The highest BCUT2D eigenvalue weighted by Gasteiger charge is 2.51. The van der Waals surface area contributed by atoms with Gasteiger partial charge >= 0.3 is 0 Å². The normalized spacial score (nSPS) is 45.0. The van der Waals surface area contributed by atoms with Gasteiger partial charge in [0.2, 0.25) is 0 Å². The standard InChI is InChI=1S/C12H12O4/c13-3-9-7-1-2-8(11(9)5-15)12(6-16)10(7)4-14/h1-12H. The Morgan fingerprint density at radius 2 is 0.812 bits per heavy atom. The first-order chi connectivity index (χ1) is 7.78. The molecule has 0 aromatic heterocycles. The summed E-state index contributed by atoms with van der Waals surface area (Å²) in [5, 5.41) is 0. The van der Waals surface area contributed by atoms with Crippen LogP contribution in [0.25, 0.3) is 0 Å². The number of rotatable bonds is 4. The van der Waals surface area contributed by atoms with Gasteiger partial charge < -0.3 is 19.2 Å². The topological polar surface area (TPSA) is 68.3 Å². The quantitative estimate of drug-likeness (QED) is 0.496. The van der Waals surface area contributed by atoms with Crippen molar-refractivity contribution in [1.82, 2.24) is 0 Å². The number of carbonyl (C=O) groups is 4. The maximum atomic E-state index is 11.0. The van der Waals surface area contributed by atoms with E-state index in [1.54, 1.807) is 12.2 Å². The second-order valence-corrected chi connectivity index (χ2v) is 4.39. The summed E-state index contributed by atoms with van der Waals surface area (Å²) in [4.78, 5) is 43.9. The summed E-state index contributed by atoms with van der Waals surface area (Å²) in [6.45, 7) is 0. The van der Waals surface area contributed by atoms with Gasteiger partial charge in [0.1, 0.15) is 25.1 Å². The molecule has 3 rings (SSSR count). The van der Waals surface area contributed by atoms with Crippen LogP contribution in [-0.4, -0.2) is 25.1 Å². The lowest BCUT2D eigenvalue weighted by atomic mass is 9.54. The van der Waals surface area contributed by atoms with Gasteiger partial charge in [-0.05, 0) is 11.8 Å². The smallest absolute Gasteiger partial charge is 0.124 e. The second kappa shape index (κ2) is 4.12. The van der Waals surface area contributed by atoms with Gasteiger partial charge in [-0.1, -0.05) is 12.2 Å². The molecule has 2 bridgehead atoms. The highest BCUT2D eigenvalue weighted by atomic mass is 16.1. The monoisotopic (exact) mass is 220 g/mol. The van der Waals surface area contributed by atoms with Crippen LogP contribution in [0.3, 0.4) is 0 Å². The highest BCUT2D eigenvalue weighted by molar-refractivity contribution is 5.75. The van der Waals surface area contributed by atoms with E-state index in [0.29, 0.717) is 0 Å². The third-order valence-electron chi connectivity index (χ3n) is 3.85. The van der Waals surface area contributed by atoms with Crippen molar-refractivity contribution in [3.63, 3.8) is 0 Å². The minimum absolute atomic E-state index is 0.301. The summed E-state index contributed by atoms with van der Waals surface area (Å²) in [5.74, 6) is -2.44. The van der Waals surface area contributed by atoms with Crippen molar-refractivity contribution < 1.29 is 19.2 Å². The third-order valence-corrected chi connectivity index (χ3v) is 3.85. The fraction of sp³-hybridized carbons (Fsp3) is 0.500. The number of carbonyl (C=O) groups excluding carboxylic acids is 4. The van der Waals surface area contributed by atoms with Crippen molar-refractivity contribution in [2.75, 3.05) is 0 Å². The predicted octanol–water partition coefficient (Wildman–Crippen LogP) is 0.0626. The van der Waals surface area contributed by atoms with E-state index in [4.69, 9.17) is 0 Å². The summed E-state index contributed by atoms with van der Waals surface area (Å²) >= 11 is 0. The lowest BCUT2D eigenvalue weighted by Crippen LogP contribution is -2.50. The van der Waals surface area contributed by atoms with Gasteiger partial charge in [0.05, 0.1) is 0 Å². The summed E-state index contributed by atoms with van der Waals surface area (Å²) in [6.07, 6.45) is 6.52. The molecule has 0 spiro atoms. The largest absolute Gasteiger partial charge is 0.303 e. The molecule has 0 heterocycles. The van der Waals surface area contributed by atoms with E-state index in [1.165, 1.54) is 0 Å². The van der Waals surface area contributed by atoms with Gasteiger partial charge in [-0.2, -0.15) is 0 Å². The van der Waals surface area contributed by atoms with Gasteiger partial charge in [0.25, 0.3) is 0 Å². The number of aldehydes is 4. The lowest BCUT2D eigenvalue weighted by molar-refractivity contribution is -0.137. The van der Waals surface area contributed by atoms with Crippen molar-refractivity contribution in [1.29, 1.82) is 0 Å². The Kier molecular flexibility index (Phi) is 2.81. The first-order valence-corrected chi connectivity index (χ1v) is 5.28. The van der Waals surface area contributed by atoms with Crippen LogP contribution in [0, 0.1) is 35.5 Å². The Labute approximate surface area is 92.7 Å². The molecule has 4 heteroatoms. The Morgan fingerprint density at radius 1 is 0.562 bits per heavy atom. The van der Waals surface area contributed by atoms with Gasteiger partial charge in [-0.15, -0.1) is 0 Å². The van der Waals surface area contributed by atoms with Crippen LogP contribution in [0.4, 0.5) is 0 Å². The Balaban J connectivity index is 2.43. The molecule has 1 fully saturated rings. The van der Waals surface area contributed by atoms with Gasteiger partial charge in [-0.25, -0.2) is 0 Å². The van der Waals surface area contributed by atoms with Crippen LogP contribution >= 0.6 is 0 Å². The minimum atomic E-state index is -0.459. The highest BCUT2D eigenvalue weighted by Crippen LogP contribution is 2.48. The maximum absolute atomic E-state index is 11.0. The van der Waals surface area contributed by atoms with Crippen LogP contribution in [0.5, 0.6) is 0 Å². The van der Waals surface area contributed by atoms with Crippen molar-refractivity contribution in [3.05, 3.63) is 12.2 Å². The Hall–Kier alpha value is -1.58. The molecule has 1 saturated carbocycles. The fourth-order valence-corrected chi connectivity index (χ4v) is 3.04. The SMILES string of the molecule is O=CC1C(C=O)C2C=CC1C(C=O)C2C=O. The van der Waals surface area contributed by atoms with E-state index >= 15 is 0 Å². The molecular weight excluding hydrogens is 208 g/mol. The molecule has 4 atom stereocenters. The number of hydrogen-bond donors (Lipinski definition) is 0. The summed E-state index contributed by atoms with van der Waals surface area (Å²) in [7, 11) is 0. The van der Waals surface area contributed by atoms with Crippen LogP contribution in [0.2, 0.25) is 0 Å². The van der Waals surface area contributed by atoms with Gasteiger partial charge in [0.15, 0.2) is 0 Å². The fourth-order valence-electron chi connectivity index (χ4n) is 3.04. The molecule has 0 amide bonds. The van der Waals surface area contributed by atoms with E-state index in [1.807, 2.05) is 0 Å². The molecule has 0 N–H and O–H groups in total. The first-order valence-electron chi connectivity index (χ1n) is 5.28. The number of hydrogen-bond acceptors (Lipinski definition) is 4. The molecule has 3 aliphatic carbocycles. The van der Waals surface area contributed by atoms with E-state index in [-0.39, 0.29) is 11.8 Å². The average molecular weight is 220 g/mol. The van der Waals surface area contributed by atoms with Crippen molar-refractivity contribution >= 4 is 25.1 Å². The molecule has 0 radical (unpaired) electrons. The third kappa shape index (κ3) is 1.29. The molecule has 0 aliphatic heterocycles. The second-order valence-electron chi connectivity index (χ2n) is 4.39. The Bertz CT molecular complexity index is 298. The summed E-state index contributed by atoms with van der Waals surface area (Å²) in [5.41, 5.74) is 0. The zero-order valence-electron chi connectivity index (χ0n) is 8.56. The minimum Gasteiger partial charge on any atom is -0.303 e. The predicted molar refractivity (Wildman–Crippen MR) is 54.3 cm³/mol. The molecule has 3 aliphatic rings. The van der Waals surface area contributed by atoms with E-state index in [9.17, 15) is 19.2 Å². The van der Waals surface area contributed by atoms with E-state index in [2.05, 4.69) is 0 Å². The zero-order chi connectivity index (χ0) is 11.7. The van der Waals surface area contributed by atoms with Crippen LogP contribution in [0.1, 0.15) is 0 Å². The molecule has 4 nitrogen and oxygen atoms in total. The van der Waals surface area contributed by atoms with Gasteiger partial charge in [-0.3, -0.25) is 0 Å². The summed E-state index contributed by atoms with van der Waals surface area (Å²) in [6, 6.07) is 0. The van der Waals surface area contributed by atoms with Crippen molar-refractivity contribution in [2.45, 2.75) is 0 Å². The Morgan fingerprint density at radius 3 is 1.00 bits per heavy atom. The first kappa shape index (κ1) is 10.9. The van der Waals surface area contributed by atoms with Crippen molar-refractivity contribution in [3.8, 4) is 0 Å². The number of fused-ring (bicyclic) bond motifs is 2. The van der Waals surface area contributed by atoms with Gasteiger partial charge in [0, 0.05) is 23.7 Å². The molecular formula is C12H12O4. The molecule has 4 unspecified atom stereocenters. The maximum Gasteiger partial charge on any atom is 0.124 e. The van der Waals surface area contributed by atoms with Crippen LogP contribution in [0.15, 0.2) is 12.2 Å². The molecule has 0 aromatic carbocycles. The number of allylic oxidation sites excluding steroid dienone is 2. The average Bonchev–Trinajstić information content (AvgIpc) is 2.36.